The smallest absolute Gasteiger partial charge is 0.118 e. The maximum absolute atomic E-state index is 9.91. The first kappa shape index (κ1) is 13.0. The molecule has 0 fully saturated rings. The monoisotopic (exact) mass is 223 g/mol. The number of hydrogen-bond acceptors (Lipinski definition) is 3. The van der Waals surface area contributed by atoms with E-state index in [2.05, 4.69) is 13.8 Å². The number of aliphatic hydroxyl groups excluding tert-OH is 1. The van der Waals surface area contributed by atoms with Crippen LogP contribution in [0.15, 0.2) is 24.3 Å². The number of benzene rings is 1. The predicted octanol–water partition coefficient (Wildman–Crippen LogP) is 2.10. The van der Waals surface area contributed by atoms with E-state index < -0.39 is 6.10 Å². The van der Waals surface area contributed by atoms with E-state index >= 15 is 0 Å². The second-order valence-corrected chi connectivity index (χ2v) is 4.50. The Labute approximate surface area is 97.2 Å². The van der Waals surface area contributed by atoms with Gasteiger partial charge >= 0.3 is 0 Å². The summed E-state index contributed by atoms with van der Waals surface area (Å²) in [6.07, 6.45) is 0.223. The molecule has 0 radical (unpaired) electrons. The number of rotatable bonds is 5. The number of ether oxygens (including phenoxy) is 1. The molecule has 0 saturated carbocycles. The topological polar surface area (TPSA) is 55.5 Å². The molecule has 0 unspecified atom stereocenters. The van der Waals surface area contributed by atoms with Gasteiger partial charge in [0.25, 0.3) is 0 Å². The SMILES string of the molecule is COc1ccc([C@H](N)[C@H](O)CC(C)C)cc1. The first-order valence-corrected chi connectivity index (χ1v) is 5.62. The van der Waals surface area contributed by atoms with E-state index in [1.165, 1.54) is 0 Å². The second-order valence-electron chi connectivity index (χ2n) is 4.50. The average molecular weight is 223 g/mol. The Kier molecular flexibility index (Phi) is 4.77. The molecule has 3 nitrogen and oxygen atoms in total. The van der Waals surface area contributed by atoms with Crippen LogP contribution < -0.4 is 10.5 Å². The van der Waals surface area contributed by atoms with Crippen LogP contribution in [0.4, 0.5) is 0 Å². The van der Waals surface area contributed by atoms with Crippen LogP contribution in [0.25, 0.3) is 0 Å². The highest BCUT2D eigenvalue weighted by Crippen LogP contribution is 2.21. The van der Waals surface area contributed by atoms with Crippen LogP contribution in [0.1, 0.15) is 31.9 Å². The standard InChI is InChI=1S/C13H21NO2/c1-9(2)8-12(15)13(14)10-4-6-11(16-3)7-5-10/h4-7,9,12-13,15H,8,14H2,1-3H3/t12-,13+/m1/s1. The molecule has 90 valence electrons. The number of aliphatic hydroxyl groups is 1. The first-order chi connectivity index (χ1) is 7.54. The summed E-state index contributed by atoms with van der Waals surface area (Å²) < 4.78 is 5.07. The van der Waals surface area contributed by atoms with E-state index in [9.17, 15) is 5.11 Å². The Morgan fingerprint density at radius 1 is 1.25 bits per heavy atom. The quantitative estimate of drug-likeness (QED) is 0.803. The van der Waals surface area contributed by atoms with Crippen molar-refractivity contribution in [1.82, 2.24) is 0 Å². The highest BCUT2D eigenvalue weighted by atomic mass is 16.5. The Morgan fingerprint density at radius 3 is 2.25 bits per heavy atom. The van der Waals surface area contributed by atoms with Gasteiger partial charge in [-0.25, -0.2) is 0 Å². The van der Waals surface area contributed by atoms with Crippen LogP contribution in [0.3, 0.4) is 0 Å². The zero-order chi connectivity index (χ0) is 12.1. The molecule has 1 rings (SSSR count). The lowest BCUT2D eigenvalue weighted by Gasteiger charge is -2.21. The molecule has 3 heteroatoms. The summed E-state index contributed by atoms with van der Waals surface area (Å²) in [4.78, 5) is 0. The molecule has 0 aromatic heterocycles. The van der Waals surface area contributed by atoms with Gasteiger partial charge < -0.3 is 15.6 Å². The Balaban J connectivity index is 2.67. The fourth-order valence-corrected chi connectivity index (χ4v) is 1.68. The fourth-order valence-electron chi connectivity index (χ4n) is 1.68. The minimum Gasteiger partial charge on any atom is -0.497 e. The predicted molar refractivity (Wildman–Crippen MR) is 65.4 cm³/mol. The summed E-state index contributed by atoms with van der Waals surface area (Å²) in [6.45, 7) is 4.15. The van der Waals surface area contributed by atoms with Gasteiger partial charge in [0.2, 0.25) is 0 Å². The van der Waals surface area contributed by atoms with Gasteiger partial charge in [-0.2, -0.15) is 0 Å². The van der Waals surface area contributed by atoms with Crippen LogP contribution in [0.5, 0.6) is 5.75 Å². The molecule has 2 atom stereocenters. The van der Waals surface area contributed by atoms with Gasteiger partial charge in [-0.05, 0) is 30.0 Å². The lowest BCUT2D eigenvalue weighted by Crippen LogP contribution is -2.27. The van der Waals surface area contributed by atoms with Gasteiger partial charge in [-0.15, -0.1) is 0 Å². The van der Waals surface area contributed by atoms with Crippen molar-refractivity contribution < 1.29 is 9.84 Å². The van der Waals surface area contributed by atoms with Gasteiger partial charge in [-0.3, -0.25) is 0 Å². The van der Waals surface area contributed by atoms with E-state index in [0.29, 0.717) is 12.3 Å². The van der Waals surface area contributed by atoms with Crippen molar-refractivity contribution in [2.24, 2.45) is 11.7 Å². The second kappa shape index (κ2) is 5.87. The molecule has 3 N–H and O–H groups in total. The lowest BCUT2D eigenvalue weighted by atomic mass is 9.95. The van der Waals surface area contributed by atoms with Gasteiger partial charge in [0.15, 0.2) is 0 Å². The minimum absolute atomic E-state index is 0.326. The normalized spacial score (nSPS) is 14.9. The third kappa shape index (κ3) is 3.51. The van der Waals surface area contributed by atoms with Crippen LogP contribution in [-0.4, -0.2) is 18.3 Å². The zero-order valence-electron chi connectivity index (χ0n) is 10.2. The average Bonchev–Trinajstić information content (AvgIpc) is 2.27. The first-order valence-electron chi connectivity index (χ1n) is 5.62. The Hall–Kier alpha value is -1.06. The molecule has 16 heavy (non-hydrogen) atoms. The Morgan fingerprint density at radius 2 is 1.81 bits per heavy atom. The summed E-state index contributed by atoms with van der Waals surface area (Å²) in [7, 11) is 1.63. The van der Waals surface area contributed by atoms with Crippen molar-refractivity contribution in [1.29, 1.82) is 0 Å². The van der Waals surface area contributed by atoms with Gasteiger partial charge in [0, 0.05) is 0 Å². The van der Waals surface area contributed by atoms with Crippen molar-refractivity contribution in [3.63, 3.8) is 0 Å². The van der Waals surface area contributed by atoms with Gasteiger partial charge in [0.1, 0.15) is 5.75 Å². The van der Waals surface area contributed by atoms with Crippen LogP contribution in [0.2, 0.25) is 0 Å². The lowest BCUT2D eigenvalue weighted by molar-refractivity contribution is 0.121. The molecule has 1 aromatic carbocycles. The molecule has 0 aliphatic heterocycles. The molecule has 0 bridgehead atoms. The third-order valence-corrected chi connectivity index (χ3v) is 2.63. The number of hydrogen-bond donors (Lipinski definition) is 2. The van der Waals surface area contributed by atoms with Crippen LogP contribution in [0, 0.1) is 5.92 Å². The number of methoxy groups -OCH3 is 1. The van der Waals surface area contributed by atoms with Gasteiger partial charge in [0.05, 0.1) is 19.3 Å². The molecule has 0 amide bonds. The van der Waals surface area contributed by atoms with E-state index in [4.69, 9.17) is 10.5 Å². The maximum Gasteiger partial charge on any atom is 0.118 e. The maximum atomic E-state index is 9.91. The van der Waals surface area contributed by atoms with Crippen molar-refractivity contribution in [2.45, 2.75) is 32.4 Å². The largest absolute Gasteiger partial charge is 0.497 e. The molecular formula is C13H21NO2. The highest BCUT2D eigenvalue weighted by molar-refractivity contribution is 5.29. The minimum atomic E-state index is -0.492. The van der Waals surface area contributed by atoms with Crippen molar-refractivity contribution in [2.75, 3.05) is 7.11 Å². The van der Waals surface area contributed by atoms with Crippen molar-refractivity contribution in [3.05, 3.63) is 29.8 Å². The third-order valence-electron chi connectivity index (χ3n) is 2.63. The van der Waals surface area contributed by atoms with Crippen molar-refractivity contribution >= 4 is 0 Å². The van der Waals surface area contributed by atoms with E-state index in [1.807, 2.05) is 24.3 Å². The zero-order valence-corrected chi connectivity index (χ0v) is 10.2. The molecule has 1 aromatic rings. The molecule has 0 saturated heterocycles. The van der Waals surface area contributed by atoms with Crippen LogP contribution >= 0.6 is 0 Å². The number of nitrogens with two attached hydrogens (primary N) is 1. The summed E-state index contributed by atoms with van der Waals surface area (Å²) >= 11 is 0. The molecule has 0 aliphatic carbocycles. The summed E-state index contributed by atoms with van der Waals surface area (Å²) in [5.74, 6) is 1.24. The fraction of sp³-hybridized carbons (Fsp3) is 0.538. The highest BCUT2D eigenvalue weighted by Gasteiger charge is 2.17. The molecular weight excluding hydrogens is 202 g/mol. The summed E-state index contributed by atoms with van der Waals surface area (Å²) in [5.41, 5.74) is 6.93. The van der Waals surface area contributed by atoms with Crippen molar-refractivity contribution in [3.8, 4) is 5.75 Å². The van der Waals surface area contributed by atoms with Gasteiger partial charge in [-0.1, -0.05) is 26.0 Å². The molecule has 0 aliphatic rings. The van der Waals surface area contributed by atoms with E-state index in [-0.39, 0.29) is 6.04 Å². The van der Waals surface area contributed by atoms with Crippen LogP contribution in [-0.2, 0) is 0 Å². The molecule has 0 spiro atoms. The van der Waals surface area contributed by atoms with E-state index in [0.717, 1.165) is 11.3 Å². The van der Waals surface area contributed by atoms with E-state index in [1.54, 1.807) is 7.11 Å². The summed E-state index contributed by atoms with van der Waals surface area (Å²) in [5, 5.41) is 9.91. The molecule has 0 heterocycles. The Bertz CT molecular complexity index is 308. The summed E-state index contributed by atoms with van der Waals surface area (Å²) in [6, 6.07) is 7.18.